The van der Waals surface area contributed by atoms with Crippen molar-refractivity contribution in [2.45, 2.75) is 134 Å². The molecule has 3 N–H and O–H groups in total. The molecule has 3 heterocycles. The Hall–Kier alpha value is -1.78. The fraction of sp³-hybridized carbons (Fsp3) is 0.719. The van der Waals surface area contributed by atoms with E-state index in [4.69, 9.17) is 24.4 Å². The van der Waals surface area contributed by atoms with Crippen LogP contribution in [0, 0.1) is 12.3 Å². The molecule has 0 aromatic rings. The summed E-state index contributed by atoms with van der Waals surface area (Å²) in [5.74, 6) is -0.161. The molecule has 1 radical (unpaired) electrons. The Labute approximate surface area is 248 Å². The molecule has 41 heavy (non-hydrogen) atoms. The number of carbonyl (C=O) groups is 2. The maximum atomic E-state index is 12.1. The van der Waals surface area contributed by atoms with Crippen LogP contribution in [-0.4, -0.2) is 68.9 Å². The third-order valence-corrected chi connectivity index (χ3v) is 13.6. The first kappa shape index (κ1) is 33.7. The van der Waals surface area contributed by atoms with Gasteiger partial charge in [-0.05, 0) is 63.2 Å². The predicted octanol–water partition coefficient (Wildman–Crippen LogP) is 5.15. The van der Waals surface area contributed by atoms with Crippen molar-refractivity contribution in [1.82, 2.24) is 5.32 Å². The van der Waals surface area contributed by atoms with Gasteiger partial charge < -0.3 is 29.7 Å². The summed E-state index contributed by atoms with van der Waals surface area (Å²) >= 11 is 0. The van der Waals surface area contributed by atoms with Crippen LogP contribution in [0.15, 0.2) is 36.0 Å². The van der Waals surface area contributed by atoms with Crippen LogP contribution in [0.1, 0.15) is 74.1 Å². The van der Waals surface area contributed by atoms with E-state index >= 15 is 0 Å². The zero-order valence-corrected chi connectivity index (χ0v) is 27.6. The number of primary amides is 1. The number of ether oxygens (including phenoxy) is 3. The molecule has 9 heteroatoms. The summed E-state index contributed by atoms with van der Waals surface area (Å²) in [5.41, 5.74) is 6.20. The van der Waals surface area contributed by atoms with E-state index in [2.05, 4.69) is 71.3 Å². The van der Waals surface area contributed by atoms with Crippen LogP contribution in [0.5, 0.6) is 0 Å². The lowest BCUT2D eigenvalue weighted by molar-refractivity contribution is -0.140. The van der Waals surface area contributed by atoms with Crippen molar-refractivity contribution >= 4 is 20.1 Å². The van der Waals surface area contributed by atoms with Crippen LogP contribution >= 0.6 is 0 Å². The molecule has 1 spiro atoms. The van der Waals surface area contributed by atoms with Crippen LogP contribution in [0.25, 0.3) is 0 Å². The number of carbonyl (C=O) groups excluding carboxylic acids is 2. The molecule has 3 aliphatic heterocycles. The molecule has 8 nitrogen and oxygen atoms in total. The van der Waals surface area contributed by atoms with E-state index < -0.39 is 13.9 Å². The Morgan fingerprint density at radius 1 is 1.17 bits per heavy atom. The highest BCUT2D eigenvalue weighted by molar-refractivity contribution is 6.74. The second-order valence-corrected chi connectivity index (χ2v) is 18.4. The number of hydrogen-bond donors (Lipinski definition) is 2. The number of nitrogens with one attached hydrogen (secondary N) is 1. The van der Waals surface area contributed by atoms with Gasteiger partial charge in [-0.1, -0.05) is 64.5 Å². The lowest BCUT2D eigenvalue weighted by Crippen LogP contribution is -2.57. The molecule has 3 aliphatic rings. The highest BCUT2D eigenvalue weighted by Crippen LogP contribution is 2.48. The Balaban J connectivity index is 1.68. The largest absolute Gasteiger partial charge is 0.408 e. The Morgan fingerprint density at radius 2 is 1.85 bits per heavy atom. The average molecular weight is 590 g/mol. The van der Waals surface area contributed by atoms with Crippen molar-refractivity contribution in [2.24, 2.45) is 11.7 Å². The van der Waals surface area contributed by atoms with Crippen molar-refractivity contribution in [3.63, 3.8) is 0 Å². The number of amides is 2. The molecule has 0 aliphatic carbocycles. The van der Waals surface area contributed by atoms with Gasteiger partial charge in [-0.25, -0.2) is 0 Å². The zero-order chi connectivity index (χ0) is 30.6. The Kier molecular flexibility index (Phi) is 11.2. The molecule has 3 rings (SSSR count). The second-order valence-electron chi connectivity index (χ2n) is 13.7. The predicted molar refractivity (Wildman–Crippen MR) is 165 cm³/mol. The molecule has 3 saturated heterocycles. The zero-order valence-electron chi connectivity index (χ0n) is 26.6. The molecule has 0 bridgehead atoms. The normalized spacial score (nSPS) is 34.9. The van der Waals surface area contributed by atoms with Gasteiger partial charge in [0.05, 0.1) is 37.4 Å². The number of epoxide rings is 1. The standard InChI is InChI=1S/C32H53N2O6Si/c1-10-11-12-29(36)34-25-17-22(3)26(38-23(25)4)15-13-21(2)14-16-27-30(40-41(8,9)31(5,6)7)32(20-37-32)19-24(39-27)18-28(33)35/h10-14,16,22-27,30H,15,17-20H2,1-9H3,(H2,33,35)(H,34,36)/b12-11-,16-14+,21-13+/t22-,23+,24+,25+,26-,27+,30+,32+/m0/s1. The summed E-state index contributed by atoms with van der Waals surface area (Å²) in [6.45, 7) is 19.9. The maximum Gasteiger partial charge on any atom is 0.243 e. The van der Waals surface area contributed by atoms with Crippen LogP contribution in [0.2, 0.25) is 18.1 Å². The fourth-order valence-corrected chi connectivity index (χ4v) is 6.76. The minimum Gasteiger partial charge on any atom is -0.408 e. The van der Waals surface area contributed by atoms with Gasteiger partial charge >= 0.3 is 0 Å². The smallest absolute Gasteiger partial charge is 0.243 e. The Morgan fingerprint density at radius 3 is 2.44 bits per heavy atom. The van der Waals surface area contributed by atoms with Crippen LogP contribution < -0.4 is 11.1 Å². The molecular formula is C32H53N2O6Si. The van der Waals surface area contributed by atoms with Gasteiger partial charge in [0.1, 0.15) is 17.8 Å². The summed E-state index contributed by atoms with van der Waals surface area (Å²) < 4.78 is 25.7. The van der Waals surface area contributed by atoms with Crippen molar-refractivity contribution in [3.05, 3.63) is 42.4 Å². The number of rotatable bonds is 11. The quantitative estimate of drug-likeness (QED) is 0.149. The summed E-state index contributed by atoms with van der Waals surface area (Å²) in [6.07, 6.45) is 13.0. The van der Waals surface area contributed by atoms with Gasteiger partial charge in [0.15, 0.2) is 8.32 Å². The molecule has 8 atom stereocenters. The minimum atomic E-state index is -2.12. The average Bonchev–Trinajstić information content (AvgIpc) is 3.62. The van der Waals surface area contributed by atoms with Gasteiger partial charge in [0, 0.05) is 6.42 Å². The fourth-order valence-electron chi connectivity index (χ4n) is 5.42. The molecule has 0 unspecified atom stereocenters. The van der Waals surface area contributed by atoms with Crippen molar-refractivity contribution < 1.29 is 28.2 Å². The topological polar surface area (TPSA) is 112 Å². The van der Waals surface area contributed by atoms with Crippen molar-refractivity contribution in [3.8, 4) is 0 Å². The first-order valence-corrected chi connectivity index (χ1v) is 18.0. The summed E-state index contributed by atoms with van der Waals surface area (Å²) in [7, 11) is -2.12. The van der Waals surface area contributed by atoms with Gasteiger partial charge in [-0.15, -0.1) is 0 Å². The van der Waals surface area contributed by atoms with Gasteiger partial charge in [0.2, 0.25) is 11.8 Å². The van der Waals surface area contributed by atoms with E-state index in [1.165, 1.54) is 0 Å². The van der Waals surface area contributed by atoms with E-state index in [0.717, 1.165) is 18.4 Å². The van der Waals surface area contributed by atoms with Gasteiger partial charge in [0.25, 0.3) is 0 Å². The third kappa shape index (κ3) is 9.10. The van der Waals surface area contributed by atoms with E-state index in [9.17, 15) is 9.59 Å². The molecule has 0 aromatic heterocycles. The summed E-state index contributed by atoms with van der Waals surface area (Å²) in [4.78, 5) is 23.9. The first-order chi connectivity index (χ1) is 19.1. The number of allylic oxidation sites excluding steroid dienone is 3. The number of hydrogen-bond acceptors (Lipinski definition) is 6. The molecule has 2 amide bonds. The highest BCUT2D eigenvalue weighted by Gasteiger charge is 2.61. The SMILES string of the molecule is C[CH]/C=C\C(=O)N[C@@H]1C[C@H](C)[C@H](C/C=C(C)/C=C/[C@H]2O[C@H](CC(N)=O)C[C@@]3(CO3)[C@@H]2O[Si](C)(C)C(C)(C)C)O[C@@H]1C. The van der Waals surface area contributed by atoms with Gasteiger partial charge in [-0.3, -0.25) is 9.59 Å². The molecule has 231 valence electrons. The summed E-state index contributed by atoms with van der Waals surface area (Å²) in [5, 5.41) is 3.11. The lowest BCUT2D eigenvalue weighted by Gasteiger charge is -2.46. The van der Waals surface area contributed by atoms with Crippen LogP contribution in [-0.2, 0) is 28.2 Å². The van der Waals surface area contributed by atoms with Crippen LogP contribution in [0.3, 0.4) is 0 Å². The van der Waals surface area contributed by atoms with E-state index in [-0.39, 0.29) is 59.8 Å². The minimum absolute atomic E-state index is 0.00757. The molecule has 0 saturated carbocycles. The van der Waals surface area contributed by atoms with E-state index in [1.807, 2.05) is 20.3 Å². The monoisotopic (exact) mass is 589 g/mol. The lowest BCUT2D eigenvalue weighted by atomic mass is 9.87. The van der Waals surface area contributed by atoms with E-state index in [1.54, 1.807) is 12.2 Å². The van der Waals surface area contributed by atoms with Crippen molar-refractivity contribution in [1.29, 1.82) is 0 Å². The summed E-state index contributed by atoms with van der Waals surface area (Å²) in [6, 6.07) is -0.00757. The number of nitrogens with two attached hydrogens (primary N) is 1. The van der Waals surface area contributed by atoms with Gasteiger partial charge in [-0.2, -0.15) is 0 Å². The molecule has 3 fully saturated rings. The van der Waals surface area contributed by atoms with Crippen LogP contribution in [0.4, 0.5) is 0 Å². The highest BCUT2D eigenvalue weighted by atomic mass is 28.4. The molecular weight excluding hydrogens is 536 g/mol. The Bertz CT molecular complexity index is 1010. The third-order valence-electron chi connectivity index (χ3n) is 9.12. The molecule has 0 aromatic carbocycles. The van der Waals surface area contributed by atoms with E-state index in [0.29, 0.717) is 18.9 Å². The van der Waals surface area contributed by atoms with Crippen molar-refractivity contribution in [2.75, 3.05) is 6.61 Å². The first-order valence-electron chi connectivity index (χ1n) is 15.1. The second kappa shape index (κ2) is 13.7. The maximum absolute atomic E-state index is 12.1.